The number of nitrogens with zero attached hydrogens (tertiary/aromatic N) is 3. The second-order valence-corrected chi connectivity index (χ2v) is 5.82. The number of para-hydroxylation sites is 2. The fraction of sp³-hybridized carbons (Fsp3) is 0.444. The van der Waals surface area contributed by atoms with Gasteiger partial charge in [0, 0.05) is 12.6 Å². The van der Waals surface area contributed by atoms with Gasteiger partial charge in [0.1, 0.15) is 23.2 Å². The Morgan fingerprint density at radius 3 is 2.62 bits per heavy atom. The molecule has 24 heavy (non-hydrogen) atoms. The number of anilines is 3. The Hall–Kier alpha value is -2.34. The van der Waals surface area contributed by atoms with Crippen LogP contribution in [0.1, 0.15) is 19.2 Å². The summed E-state index contributed by atoms with van der Waals surface area (Å²) in [6.07, 6.45) is 1.06. The van der Waals surface area contributed by atoms with Crippen LogP contribution in [0.25, 0.3) is 0 Å². The molecule has 6 heteroatoms. The Morgan fingerprint density at radius 2 is 1.88 bits per heavy atom. The molecule has 1 heterocycles. The molecule has 1 aromatic carbocycles. The van der Waals surface area contributed by atoms with E-state index in [9.17, 15) is 0 Å². The smallest absolute Gasteiger partial charge is 0.142 e. The first-order valence-electron chi connectivity index (χ1n) is 8.31. The van der Waals surface area contributed by atoms with E-state index in [2.05, 4.69) is 39.6 Å². The van der Waals surface area contributed by atoms with Crippen LogP contribution in [0.3, 0.4) is 0 Å². The van der Waals surface area contributed by atoms with E-state index in [-0.39, 0.29) is 0 Å². The lowest BCUT2D eigenvalue weighted by atomic mass is 10.3. The van der Waals surface area contributed by atoms with Gasteiger partial charge in [-0.05, 0) is 53.0 Å². The number of rotatable bonds is 9. The van der Waals surface area contributed by atoms with Gasteiger partial charge in [-0.25, -0.2) is 9.97 Å². The van der Waals surface area contributed by atoms with Gasteiger partial charge in [0.2, 0.25) is 0 Å². The van der Waals surface area contributed by atoms with E-state index in [0.29, 0.717) is 6.61 Å². The highest BCUT2D eigenvalue weighted by Gasteiger charge is 2.06. The molecule has 2 N–H and O–H groups in total. The highest BCUT2D eigenvalue weighted by molar-refractivity contribution is 5.65. The average Bonchev–Trinajstić information content (AvgIpc) is 2.53. The number of hydrogen-bond donors (Lipinski definition) is 2. The quantitative estimate of drug-likeness (QED) is 0.688. The first-order chi connectivity index (χ1) is 11.6. The number of aromatic nitrogens is 2. The maximum absolute atomic E-state index is 5.65. The average molecular weight is 329 g/mol. The molecule has 0 spiro atoms. The number of benzene rings is 1. The summed E-state index contributed by atoms with van der Waals surface area (Å²) in [5, 5.41) is 6.68. The van der Waals surface area contributed by atoms with Crippen molar-refractivity contribution < 1.29 is 4.74 Å². The summed E-state index contributed by atoms with van der Waals surface area (Å²) in [6, 6.07) is 9.77. The molecule has 130 valence electrons. The molecular weight excluding hydrogens is 302 g/mol. The van der Waals surface area contributed by atoms with Crippen LogP contribution in [0.2, 0.25) is 0 Å². The van der Waals surface area contributed by atoms with Gasteiger partial charge in [0.15, 0.2) is 0 Å². The van der Waals surface area contributed by atoms with Crippen LogP contribution in [0.4, 0.5) is 17.3 Å². The van der Waals surface area contributed by atoms with Crippen molar-refractivity contribution in [2.75, 3.05) is 44.4 Å². The lowest BCUT2D eigenvalue weighted by Gasteiger charge is -2.14. The molecule has 0 aliphatic rings. The SMILES string of the molecule is CCOc1ccccc1Nc1cc(NCCCN(C)C)nc(C)n1. The van der Waals surface area contributed by atoms with Crippen LogP contribution < -0.4 is 15.4 Å². The van der Waals surface area contributed by atoms with Crippen molar-refractivity contribution in [3.8, 4) is 5.75 Å². The largest absolute Gasteiger partial charge is 0.492 e. The monoisotopic (exact) mass is 329 g/mol. The predicted molar refractivity (Wildman–Crippen MR) is 99.3 cm³/mol. The molecule has 2 rings (SSSR count). The van der Waals surface area contributed by atoms with E-state index in [1.54, 1.807) is 0 Å². The predicted octanol–water partition coefficient (Wildman–Crippen LogP) is 3.29. The molecule has 2 aromatic rings. The van der Waals surface area contributed by atoms with E-state index in [4.69, 9.17) is 4.74 Å². The molecule has 0 fully saturated rings. The zero-order valence-corrected chi connectivity index (χ0v) is 15.0. The van der Waals surface area contributed by atoms with Crippen molar-refractivity contribution in [3.63, 3.8) is 0 Å². The summed E-state index contributed by atoms with van der Waals surface area (Å²) in [6.45, 7) is 6.42. The Kier molecular flexibility index (Phi) is 6.81. The number of aryl methyl sites for hydroxylation is 1. The molecule has 0 atom stereocenters. The van der Waals surface area contributed by atoms with Gasteiger partial charge in [-0.3, -0.25) is 0 Å². The third kappa shape index (κ3) is 5.70. The first-order valence-corrected chi connectivity index (χ1v) is 8.31. The van der Waals surface area contributed by atoms with E-state index < -0.39 is 0 Å². The molecule has 0 unspecified atom stereocenters. The van der Waals surface area contributed by atoms with Crippen LogP contribution in [0, 0.1) is 6.92 Å². The summed E-state index contributed by atoms with van der Waals surface area (Å²) in [4.78, 5) is 11.1. The summed E-state index contributed by atoms with van der Waals surface area (Å²) >= 11 is 0. The van der Waals surface area contributed by atoms with Crippen LogP contribution in [0.5, 0.6) is 5.75 Å². The van der Waals surface area contributed by atoms with Gasteiger partial charge in [-0.1, -0.05) is 12.1 Å². The third-order valence-corrected chi connectivity index (χ3v) is 3.38. The van der Waals surface area contributed by atoms with Crippen LogP contribution in [-0.4, -0.2) is 48.7 Å². The van der Waals surface area contributed by atoms with Crippen molar-refractivity contribution in [3.05, 3.63) is 36.2 Å². The Morgan fingerprint density at radius 1 is 1.12 bits per heavy atom. The van der Waals surface area contributed by atoms with Gasteiger partial charge in [-0.2, -0.15) is 0 Å². The highest BCUT2D eigenvalue weighted by atomic mass is 16.5. The second-order valence-electron chi connectivity index (χ2n) is 5.82. The molecule has 0 amide bonds. The summed E-state index contributed by atoms with van der Waals surface area (Å²) in [7, 11) is 4.15. The van der Waals surface area contributed by atoms with Gasteiger partial charge in [0.05, 0.1) is 12.3 Å². The van der Waals surface area contributed by atoms with Gasteiger partial charge < -0.3 is 20.3 Å². The third-order valence-electron chi connectivity index (χ3n) is 3.38. The van der Waals surface area contributed by atoms with Crippen molar-refractivity contribution in [1.29, 1.82) is 0 Å². The van der Waals surface area contributed by atoms with E-state index >= 15 is 0 Å². The molecular formula is C18H27N5O. The van der Waals surface area contributed by atoms with E-state index in [1.165, 1.54) is 0 Å². The van der Waals surface area contributed by atoms with Crippen LogP contribution >= 0.6 is 0 Å². The first kappa shape index (κ1) is 18.0. The maximum atomic E-state index is 5.65. The Balaban J connectivity index is 2.05. The molecule has 6 nitrogen and oxygen atoms in total. The molecule has 0 radical (unpaired) electrons. The normalized spacial score (nSPS) is 10.7. The zero-order chi connectivity index (χ0) is 17.4. The Bertz CT molecular complexity index is 645. The molecule has 1 aromatic heterocycles. The number of ether oxygens (including phenoxy) is 1. The van der Waals surface area contributed by atoms with E-state index in [1.807, 2.05) is 44.2 Å². The highest BCUT2D eigenvalue weighted by Crippen LogP contribution is 2.27. The number of hydrogen-bond acceptors (Lipinski definition) is 6. The molecule has 0 aliphatic heterocycles. The topological polar surface area (TPSA) is 62.3 Å². The minimum absolute atomic E-state index is 0.625. The van der Waals surface area contributed by atoms with Gasteiger partial charge >= 0.3 is 0 Å². The fourth-order valence-corrected chi connectivity index (χ4v) is 2.32. The van der Waals surface area contributed by atoms with Gasteiger partial charge in [0.25, 0.3) is 0 Å². The van der Waals surface area contributed by atoms with Crippen molar-refractivity contribution in [2.45, 2.75) is 20.3 Å². The lowest BCUT2D eigenvalue weighted by molar-refractivity contribution is 0.342. The minimum atomic E-state index is 0.625. The lowest BCUT2D eigenvalue weighted by Crippen LogP contribution is -2.16. The molecule has 0 saturated heterocycles. The standard InChI is InChI=1S/C18H27N5O/c1-5-24-16-10-7-6-9-15(16)22-18-13-17(20-14(2)21-18)19-11-8-12-23(3)4/h6-7,9-10,13H,5,8,11-12H2,1-4H3,(H2,19,20,21,22). The van der Waals surface area contributed by atoms with Crippen LogP contribution in [-0.2, 0) is 0 Å². The summed E-state index contributed by atoms with van der Waals surface area (Å²) in [5.41, 5.74) is 0.899. The zero-order valence-electron chi connectivity index (χ0n) is 15.0. The summed E-state index contributed by atoms with van der Waals surface area (Å²) in [5.74, 6) is 3.13. The maximum Gasteiger partial charge on any atom is 0.142 e. The van der Waals surface area contributed by atoms with Crippen LogP contribution in [0.15, 0.2) is 30.3 Å². The molecule has 0 saturated carbocycles. The van der Waals surface area contributed by atoms with Gasteiger partial charge in [-0.15, -0.1) is 0 Å². The van der Waals surface area contributed by atoms with Crippen molar-refractivity contribution >= 4 is 17.3 Å². The molecule has 0 aliphatic carbocycles. The fourth-order valence-electron chi connectivity index (χ4n) is 2.32. The number of nitrogens with one attached hydrogen (secondary N) is 2. The second kappa shape index (κ2) is 9.08. The molecule has 0 bridgehead atoms. The van der Waals surface area contributed by atoms with Crippen molar-refractivity contribution in [1.82, 2.24) is 14.9 Å². The summed E-state index contributed by atoms with van der Waals surface area (Å²) < 4.78 is 5.65. The van der Waals surface area contributed by atoms with Crippen molar-refractivity contribution in [2.24, 2.45) is 0 Å². The van der Waals surface area contributed by atoms with E-state index in [0.717, 1.165) is 48.4 Å². The minimum Gasteiger partial charge on any atom is -0.492 e. The Labute approximate surface area is 144 Å².